The molecule has 0 aliphatic carbocycles. The molecule has 1 N–H and O–H groups in total. The molecule has 57 valence electrons. The van der Waals surface area contributed by atoms with Gasteiger partial charge in [-0.05, 0) is 12.1 Å². The Bertz CT molecular complexity index is 235. The van der Waals surface area contributed by atoms with Crippen molar-refractivity contribution in [1.29, 1.82) is 0 Å². The van der Waals surface area contributed by atoms with Crippen molar-refractivity contribution in [3.8, 4) is 0 Å². The molecule has 1 aromatic heterocycles. The van der Waals surface area contributed by atoms with E-state index in [1.54, 1.807) is 24.4 Å². The number of carbonyl (C=O) groups excluding carboxylic acids is 1. The summed E-state index contributed by atoms with van der Waals surface area (Å²) < 4.78 is 4.39. The number of ether oxygens (including phenoxy) is 1. The van der Waals surface area contributed by atoms with Crippen LogP contribution < -0.4 is 5.73 Å². The topological polar surface area (TPSA) is 63.0 Å². The minimum Gasteiger partial charge on any atom is -0.442 e. The highest BCUT2D eigenvalue weighted by molar-refractivity contribution is 5.63. The van der Waals surface area contributed by atoms with Gasteiger partial charge in [0, 0.05) is 6.20 Å². The van der Waals surface area contributed by atoms with Crippen molar-refractivity contribution < 1.29 is 9.53 Å². The van der Waals surface area contributed by atoms with E-state index < -0.39 is 6.09 Å². The molecule has 0 fully saturated rings. The van der Waals surface area contributed by atoms with Crippen LogP contribution in [0.25, 0.3) is 0 Å². The van der Waals surface area contributed by atoms with E-state index >= 15 is 0 Å². The van der Waals surface area contributed by atoms with Gasteiger partial charge in [-0.15, -0.1) is 0 Å². The van der Waals surface area contributed by atoms with Crippen molar-refractivity contribution in [2.24, 2.45) is 0 Å². The van der Waals surface area contributed by atoms with E-state index in [-0.39, 0.29) is 6.61 Å². The van der Waals surface area contributed by atoms with E-state index in [4.69, 9.17) is 5.73 Å². The van der Waals surface area contributed by atoms with E-state index in [0.29, 0.717) is 5.69 Å². The number of hydrogen-bond acceptors (Lipinski definition) is 3. The summed E-state index contributed by atoms with van der Waals surface area (Å²) in [5.74, 6) is 0. The fraction of sp³-hybridized carbons (Fsp3) is 0.143. The third-order valence-electron chi connectivity index (χ3n) is 1.08. The van der Waals surface area contributed by atoms with E-state index in [9.17, 15) is 4.79 Å². The third kappa shape index (κ3) is 2.66. The Labute approximate surface area is 64.0 Å². The molecule has 4 heteroatoms. The first-order chi connectivity index (χ1) is 5.29. The zero-order chi connectivity index (χ0) is 8.10. The number of nitrogens with one attached hydrogen (secondary N) is 1. The number of hydrogen-bond donors (Lipinski definition) is 0. The predicted octanol–water partition coefficient (Wildman–Crippen LogP) is 1.00. The highest BCUT2D eigenvalue weighted by Gasteiger charge is 1.96. The lowest BCUT2D eigenvalue weighted by molar-refractivity contribution is 0.147. The second-order valence-electron chi connectivity index (χ2n) is 1.90. The summed E-state index contributed by atoms with van der Waals surface area (Å²) in [6, 6.07) is 5.29. The lowest BCUT2D eigenvalue weighted by atomic mass is 10.4. The average molecular weight is 151 g/mol. The maximum absolute atomic E-state index is 10.0. The first-order valence-electron chi connectivity index (χ1n) is 3.07. The normalized spacial score (nSPS) is 9.09. The van der Waals surface area contributed by atoms with Crippen LogP contribution >= 0.6 is 0 Å². The maximum atomic E-state index is 10.0. The highest BCUT2D eigenvalue weighted by atomic mass is 16.5. The molecule has 0 spiro atoms. The minimum atomic E-state index is -1.03. The van der Waals surface area contributed by atoms with Crippen LogP contribution in [0.15, 0.2) is 24.4 Å². The second kappa shape index (κ2) is 3.55. The standard InChI is InChI=1S/C7H7N2O2/c8-7(10)11-5-6-3-1-2-4-9-6/h1-4,8H,5H2. The predicted molar refractivity (Wildman–Crippen MR) is 37.5 cm³/mol. The monoisotopic (exact) mass is 151 g/mol. The third-order valence-corrected chi connectivity index (χ3v) is 1.08. The van der Waals surface area contributed by atoms with Crippen molar-refractivity contribution in [2.75, 3.05) is 0 Å². The number of rotatable bonds is 2. The Hall–Kier alpha value is -1.58. The SMILES string of the molecule is [NH]C(=O)OCc1ccccn1. The van der Waals surface area contributed by atoms with Crippen LogP contribution in [0.2, 0.25) is 0 Å². The van der Waals surface area contributed by atoms with E-state index in [2.05, 4.69) is 9.72 Å². The molecule has 0 bridgehead atoms. The van der Waals surface area contributed by atoms with Crippen molar-refractivity contribution >= 4 is 6.09 Å². The van der Waals surface area contributed by atoms with Crippen LogP contribution in [-0.4, -0.2) is 11.1 Å². The molecule has 0 aliphatic rings. The molecular weight excluding hydrogens is 144 g/mol. The van der Waals surface area contributed by atoms with Crippen LogP contribution in [0, 0.1) is 0 Å². The van der Waals surface area contributed by atoms with Gasteiger partial charge in [-0.2, -0.15) is 0 Å². The summed E-state index contributed by atoms with van der Waals surface area (Å²) in [6.45, 7) is 0.0726. The fourth-order valence-electron chi connectivity index (χ4n) is 0.623. The first kappa shape index (κ1) is 7.53. The summed E-state index contributed by atoms with van der Waals surface area (Å²) in [6.07, 6.45) is 0.572. The van der Waals surface area contributed by atoms with Gasteiger partial charge in [0.2, 0.25) is 0 Å². The quantitative estimate of drug-likeness (QED) is 0.633. The molecule has 0 saturated carbocycles. The van der Waals surface area contributed by atoms with E-state index in [1.165, 1.54) is 0 Å². The van der Waals surface area contributed by atoms with Gasteiger partial charge in [0.25, 0.3) is 0 Å². The molecule has 1 rings (SSSR count). The Balaban J connectivity index is 2.45. The molecule has 1 aromatic rings. The number of pyridine rings is 1. The van der Waals surface area contributed by atoms with Crippen LogP contribution in [0.4, 0.5) is 4.79 Å². The lowest BCUT2D eigenvalue weighted by Crippen LogP contribution is -2.02. The summed E-state index contributed by atoms with van der Waals surface area (Å²) in [5.41, 5.74) is 7.08. The molecule has 1 heterocycles. The fourth-order valence-corrected chi connectivity index (χ4v) is 0.623. The van der Waals surface area contributed by atoms with Gasteiger partial charge in [0.1, 0.15) is 6.61 Å². The Morgan fingerprint density at radius 3 is 3.00 bits per heavy atom. The minimum absolute atomic E-state index is 0.0726. The van der Waals surface area contributed by atoms with Crippen molar-refractivity contribution in [3.63, 3.8) is 0 Å². The van der Waals surface area contributed by atoms with Gasteiger partial charge in [0.05, 0.1) is 5.69 Å². The molecule has 0 atom stereocenters. The molecule has 11 heavy (non-hydrogen) atoms. The average Bonchev–Trinajstić information content (AvgIpc) is 2.03. The Morgan fingerprint density at radius 1 is 1.64 bits per heavy atom. The Morgan fingerprint density at radius 2 is 2.45 bits per heavy atom. The van der Waals surface area contributed by atoms with Crippen LogP contribution in [0.1, 0.15) is 5.69 Å². The largest absolute Gasteiger partial charge is 0.442 e. The lowest BCUT2D eigenvalue weighted by Gasteiger charge is -1.97. The van der Waals surface area contributed by atoms with Gasteiger partial charge in [-0.3, -0.25) is 4.98 Å². The van der Waals surface area contributed by atoms with Crippen LogP contribution in [0.5, 0.6) is 0 Å². The summed E-state index contributed by atoms with van der Waals surface area (Å²) in [4.78, 5) is 13.9. The number of carbonyl (C=O) groups is 1. The molecule has 0 unspecified atom stereocenters. The van der Waals surface area contributed by atoms with Crippen molar-refractivity contribution in [1.82, 2.24) is 10.7 Å². The van der Waals surface area contributed by atoms with Gasteiger partial charge in [0.15, 0.2) is 0 Å². The molecule has 4 nitrogen and oxygen atoms in total. The molecule has 0 aromatic carbocycles. The van der Waals surface area contributed by atoms with Crippen LogP contribution in [0.3, 0.4) is 0 Å². The molecule has 1 amide bonds. The number of nitrogens with zero attached hydrogens (tertiary/aromatic N) is 1. The van der Waals surface area contributed by atoms with Gasteiger partial charge < -0.3 is 4.74 Å². The first-order valence-corrected chi connectivity index (χ1v) is 3.07. The highest BCUT2D eigenvalue weighted by Crippen LogP contribution is 1.95. The molecule has 0 aliphatic heterocycles. The number of amides is 1. The van der Waals surface area contributed by atoms with Crippen molar-refractivity contribution in [2.45, 2.75) is 6.61 Å². The second-order valence-corrected chi connectivity index (χ2v) is 1.90. The zero-order valence-electron chi connectivity index (χ0n) is 5.78. The van der Waals surface area contributed by atoms with Gasteiger partial charge in [-0.25, -0.2) is 10.5 Å². The summed E-state index contributed by atoms with van der Waals surface area (Å²) in [7, 11) is 0. The van der Waals surface area contributed by atoms with E-state index in [0.717, 1.165) is 0 Å². The van der Waals surface area contributed by atoms with Crippen LogP contribution in [-0.2, 0) is 11.3 Å². The maximum Gasteiger partial charge on any atom is 0.426 e. The van der Waals surface area contributed by atoms with E-state index in [1.807, 2.05) is 0 Å². The summed E-state index contributed by atoms with van der Waals surface area (Å²) in [5, 5.41) is 0. The summed E-state index contributed by atoms with van der Waals surface area (Å²) >= 11 is 0. The Kier molecular flexibility index (Phi) is 2.43. The van der Waals surface area contributed by atoms with Gasteiger partial charge in [-0.1, -0.05) is 6.07 Å². The van der Waals surface area contributed by atoms with Gasteiger partial charge >= 0.3 is 6.09 Å². The smallest absolute Gasteiger partial charge is 0.426 e. The molecule has 0 saturated heterocycles. The number of aromatic nitrogens is 1. The molecular formula is C7H7N2O2. The van der Waals surface area contributed by atoms with Crippen molar-refractivity contribution in [3.05, 3.63) is 30.1 Å². The zero-order valence-corrected chi connectivity index (χ0v) is 5.78. The molecule has 1 radical (unpaired) electrons.